The highest BCUT2D eigenvalue weighted by Gasteiger charge is 2.28. The summed E-state index contributed by atoms with van der Waals surface area (Å²) in [6.07, 6.45) is 3.70. The second-order valence-corrected chi connectivity index (χ2v) is 5.16. The van der Waals surface area contributed by atoms with E-state index in [4.69, 9.17) is 5.84 Å². The Balaban J connectivity index is 2.25. The molecule has 0 bridgehead atoms. The first kappa shape index (κ1) is 11.3. The first-order valence-corrected chi connectivity index (χ1v) is 6.21. The average Bonchev–Trinajstić information content (AvgIpc) is 2.12. The Morgan fingerprint density at radius 1 is 1.47 bits per heavy atom. The molecule has 3 N–H and O–H groups in total. The monoisotopic (exact) mass is 320 g/mol. The van der Waals surface area contributed by atoms with Gasteiger partial charge in [-0.25, -0.2) is 4.39 Å². The number of hydrogen-bond donors (Lipinski definition) is 2. The van der Waals surface area contributed by atoms with Crippen LogP contribution in [0, 0.1) is 15.3 Å². The van der Waals surface area contributed by atoms with Crippen LogP contribution in [0.4, 0.5) is 4.39 Å². The van der Waals surface area contributed by atoms with Crippen LogP contribution in [0.1, 0.15) is 30.9 Å². The van der Waals surface area contributed by atoms with E-state index in [2.05, 4.69) is 28.0 Å². The lowest BCUT2D eigenvalue weighted by Crippen LogP contribution is -2.36. The van der Waals surface area contributed by atoms with Gasteiger partial charge in [0.1, 0.15) is 5.82 Å². The fourth-order valence-electron chi connectivity index (χ4n) is 2.01. The Hall–Kier alpha value is -0.200. The third-order valence-corrected chi connectivity index (χ3v) is 4.03. The standard InChI is InChI=1S/C11H14FIN2/c12-8-4-5-9(10(13)6-8)11(15-14)7-2-1-3-7/h4-7,11,15H,1-3,14H2. The van der Waals surface area contributed by atoms with Crippen LogP contribution in [0.5, 0.6) is 0 Å². The lowest BCUT2D eigenvalue weighted by Gasteiger charge is -2.34. The maximum absolute atomic E-state index is 13.0. The molecule has 1 saturated carbocycles. The van der Waals surface area contributed by atoms with E-state index in [1.54, 1.807) is 6.07 Å². The number of hydrazine groups is 1. The maximum atomic E-state index is 13.0. The molecule has 1 atom stereocenters. The Morgan fingerprint density at radius 3 is 2.67 bits per heavy atom. The van der Waals surface area contributed by atoms with Gasteiger partial charge in [0, 0.05) is 9.61 Å². The zero-order valence-corrected chi connectivity index (χ0v) is 10.5. The van der Waals surface area contributed by atoms with Crippen LogP contribution in [-0.2, 0) is 0 Å². The van der Waals surface area contributed by atoms with E-state index in [1.807, 2.05) is 6.07 Å². The summed E-state index contributed by atoms with van der Waals surface area (Å²) >= 11 is 2.16. The lowest BCUT2D eigenvalue weighted by molar-refractivity contribution is 0.231. The summed E-state index contributed by atoms with van der Waals surface area (Å²) in [5.41, 5.74) is 3.97. The Bertz CT molecular complexity index is 352. The molecule has 1 aromatic rings. The third-order valence-electron chi connectivity index (χ3n) is 3.10. The molecule has 1 aromatic carbocycles. The topological polar surface area (TPSA) is 38.0 Å². The molecule has 0 aliphatic heterocycles. The largest absolute Gasteiger partial charge is 0.271 e. The first-order valence-electron chi connectivity index (χ1n) is 5.13. The molecule has 0 spiro atoms. The summed E-state index contributed by atoms with van der Waals surface area (Å²) in [5.74, 6) is 5.99. The van der Waals surface area contributed by atoms with Crippen molar-refractivity contribution in [2.45, 2.75) is 25.3 Å². The van der Waals surface area contributed by atoms with Gasteiger partial charge in [0.05, 0.1) is 0 Å². The molecule has 82 valence electrons. The van der Waals surface area contributed by atoms with Crippen molar-refractivity contribution in [1.29, 1.82) is 0 Å². The van der Waals surface area contributed by atoms with Crippen molar-refractivity contribution < 1.29 is 4.39 Å². The van der Waals surface area contributed by atoms with Crippen LogP contribution in [0.2, 0.25) is 0 Å². The van der Waals surface area contributed by atoms with Gasteiger partial charge in [0.15, 0.2) is 0 Å². The van der Waals surface area contributed by atoms with Gasteiger partial charge in [-0.15, -0.1) is 0 Å². The molecule has 1 aliphatic rings. The molecule has 1 unspecified atom stereocenters. The summed E-state index contributed by atoms with van der Waals surface area (Å²) in [6.45, 7) is 0. The highest BCUT2D eigenvalue weighted by Crippen LogP contribution is 2.38. The minimum Gasteiger partial charge on any atom is -0.271 e. The normalized spacial score (nSPS) is 18.6. The number of halogens is 2. The molecule has 0 heterocycles. The van der Waals surface area contributed by atoms with Gasteiger partial charge in [-0.3, -0.25) is 11.3 Å². The van der Waals surface area contributed by atoms with E-state index >= 15 is 0 Å². The van der Waals surface area contributed by atoms with Crippen LogP contribution in [-0.4, -0.2) is 0 Å². The zero-order valence-electron chi connectivity index (χ0n) is 8.34. The number of hydrogen-bond acceptors (Lipinski definition) is 2. The number of nitrogens with two attached hydrogens (primary N) is 1. The number of benzene rings is 1. The molecule has 0 radical (unpaired) electrons. The SMILES string of the molecule is NNC(c1ccc(F)cc1I)C1CCC1. The molecule has 2 nitrogen and oxygen atoms in total. The van der Waals surface area contributed by atoms with Crippen molar-refractivity contribution in [2.24, 2.45) is 11.8 Å². The molecule has 0 aromatic heterocycles. The lowest BCUT2D eigenvalue weighted by atomic mass is 9.77. The van der Waals surface area contributed by atoms with Crippen LogP contribution in [0.3, 0.4) is 0 Å². The molecule has 0 saturated heterocycles. The molecular weight excluding hydrogens is 306 g/mol. The maximum Gasteiger partial charge on any atom is 0.124 e. The van der Waals surface area contributed by atoms with Crippen LogP contribution in [0.15, 0.2) is 18.2 Å². The van der Waals surface area contributed by atoms with Crippen molar-refractivity contribution in [3.8, 4) is 0 Å². The molecule has 0 amide bonds. The Kier molecular flexibility index (Phi) is 3.58. The summed E-state index contributed by atoms with van der Waals surface area (Å²) < 4.78 is 13.9. The van der Waals surface area contributed by atoms with Crippen LogP contribution >= 0.6 is 22.6 Å². The quantitative estimate of drug-likeness (QED) is 0.511. The van der Waals surface area contributed by atoms with Crippen molar-refractivity contribution in [3.05, 3.63) is 33.1 Å². The second kappa shape index (κ2) is 4.76. The van der Waals surface area contributed by atoms with Crippen molar-refractivity contribution in [3.63, 3.8) is 0 Å². The zero-order chi connectivity index (χ0) is 10.8. The van der Waals surface area contributed by atoms with Gasteiger partial charge in [-0.05, 0) is 59.0 Å². The van der Waals surface area contributed by atoms with E-state index in [-0.39, 0.29) is 11.9 Å². The molecule has 1 aliphatic carbocycles. The minimum atomic E-state index is -0.187. The molecular formula is C11H14FIN2. The third kappa shape index (κ3) is 2.32. The van der Waals surface area contributed by atoms with Gasteiger partial charge < -0.3 is 0 Å². The first-order chi connectivity index (χ1) is 7.22. The Labute approximate surface area is 103 Å². The van der Waals surface area contributed by atoms with Crippen molar-refractivity contribution in [2.75, 3.05) is 0 Å². The molecule has 15 heavy (non-hydrogen) atoms. The smallest absolute Gasteiger partial charge is 0.124 e. The van der Waals surface area contributed by atoms with Gasteiger partial charge in [-0.1, -0.05) is 12.5 Å². The van der Waals surface area contributed by atoms with Crippen molar-refractivity contribution in [1.82, 2.24) is 5.43 Å². The fraction of sp³-hybridized carbons (Fsp3) is 0.455. The van der Waals surface area contributed by atoms with E-state index < -0.39 is 0 Å². The highest BCUT2D eigenvalue weighted by atomic mass is 127. The van der Waals surface area contributed by atoms with Gasteiger partial charge in [0.2, 0.25) is 0 Å². The summed E-state index contributed by atoms with van der Waals surface area (Å²) in [5, 5.41) is 0. The van der Waals surface area contributed by atoms with Gasteiger partial charge in [-0.2, -0.15) is 0 Å². The Morgan fingerprint density at radius 2 is 2.20 bits per heavy atom. The van der Waals surface area contributed by atoms with Crippen LogP contribution in [0.25, 0.3) is 0 Å². The summed E-state index contributed by atoms with van der Waals surface area (Å²) in [6, 6.07) is 5.06. The molecule has 4 heteroatoms. The van der Waals surface area contributed by atoms with Crippen LogP contribution < -0.4 is 11.3 Å². The summed E-state index contributed by atoms with van der Waals surface area (Å²) in [4.78, 5) is 0. The predicted molar refractivity (Wildman–Crippen MR) is 66.5 cm³/mol. The molecule has 2 rings (SSSR count). The highest BCUT2D eigenvalue weighted by molar-refractivity contribution is 14.1. The predicted octanol–water partition coefficient (Wildman–Crippen LogP) is 2.73. The second-order valence-electron chi connectivity index (χ2n) is 4.00. The average molecular weight is 320 g/mol. The van der Waals surface area contributed by atoms with E-state index in [0.717, 1.165) is 9.13 Å². The van der Waals surface area contributed by atoms with E-state index in [1.165, 1.54) is 25.3 Å². The molecule has 1 fully saturated rings. The summed E-state index contributed by atoms with van der Waals surface area (Å²) in [7, 11) is 0. The van der Waals surface area contributed by atoms with Gasteiger partial charge >= 0.3 is 0 Å². The van der Waals surface area contributed by atoms with E-state index in [9.17, 15) is 4.39 Å². The number of rotatable bonds is 3. The number of nitrogens with one attached hydrogen (secondary N) is 1. The minimum absolute atomic E-state index is 0.172. The van der Waals surface area contributed by atoms with Gasteiger partial charge in [0.25, 0.3) is 0 Å². The van der Waals surface area contributed by atoms with E-state index in [0.29, 0.717) is 5.92 Å². The van der Waals surface area contributed by atoms with Crippen molar-refractivity contribution >= 4 is 22.6 Å². The fourth-order valence-corrected chi connectivity index (χ4v) is 2.82.